The van der Waals surface area contributed by atoms with Crippen molar-refractivity contribution in [3.8, 4) is 5.75 Å². The second-order valence-electron chi connectivity index (χ2n) is 6.53. The van der Waals surface area contributed by atoms with Crippen LogP contribution in [0.1, 0.15) is 12.5 Å². The molecule has 1 unspecified atom stereocenters. The van der Waals surface area contributed by atoms with Gasteiger partial charge < -0.3 is 20.3 Å². The van der Waals surface area contributed by atoms with E-state index in [4.69, 9.17) is 4.74 Å². The summed E-state index contributed by atoms with van der Waals surface area (Å²) in [6.07, 6.45) is -0.0908. The molecule has 0 aliphatic rings. The van der Waals surface area contributed by atoms with Crippen molar-refractivity contribution >= 4 is 51.8 Å². The van der Waals surface area contributed by atoms with Crippen molar-refractivity contribution in [2.75, 3.05) is 27.2 Å². The van der Waals surface area contributed by atoms with Gasteiger partial charge in [0, 0.05) is 14.1 Å². The number of nitrogens with zero attached hydrogens (tertiary/aromatic N) is 2. The molecule has 2 rings (SSSR count). The molecule has 0 saturated heterocycles. The number of ether oxygens (including phenoxy) is 1. The third-order valence-corrected chi connectivity index (χ3v) is 4.55. The van der Waals surface area contributed by atoms with Crippen LogP contribution in [0.15, 0.2) is 64.1 Å². The van der Waals surface area contributed by atoms with E-state index < -0.39 is 0 Å². The van der Waals surface area contributed by atoms with Crippen LogP contribution in [0.4, 0.5) is 0 Å². The van der Waals surface area contributed by atoms with Gasteiger partial charge >= 0.3 is 0 Å². The molecule has 0 fully saturated rings. The fourth-order valence-corrected chi connectivity index (χ4v) is 2.66. The van der Waals surface area contributed by atoms with Crippen molar-refractivity contribution in [1.29, 1.82) is 0 Å². The monoisotopic (exact) mass is 574 g/mol. The molecular weight excluding hydrogens is 547 g/mol. The highest BCUT2D eigenvalue weighted by molar-refractivity contribution is 14.0. The summed E-state index contributed by atoms with van der Waals surface area (Å²) in [4.78, 5) is 18.0. The number of benzene rings is 2. The summed E-state index contributed by atoms with van der Waals surface area (Å²) in [6.45, 7) is 3.21. The maximum atomic E-state index is 11.9. The maximum Gasteiger partial charge on any atom is 0.241 e. The van der Waals surface area contributed by atoms with E-state index in [0.29, 0.717) is 19.0 Å². The van der Waals surface area contributed by atoms with E-state index >= 15 is 0 Å². The molecule has 0 aliphatic carbocycles. The van der Waals surface area contributed by atoms with Gasteiger partial charge in [-0.2, -0.15) is 0 Å². The number of para-hydroxylation sites is 1. The number of hydrogen-bond acceptors (Lipinski definition) is 3. The third kappa shape index (κ3) is 9.49. The summed E-state index contributed by atoms with van der Waals surface area (Å²) in [5.74, 6) is 1.34. The molecule has 0 aromatic heterocycles. The number of aliphatic imine (C=N–C) groups is 1. The Labute approximate surface area is 198 Å². The van der Waals surface area contributed by atoms with Crippen molar-refractivity contribution in [2.24, 2.45) is 4.99 Å². The fraction of sp³-hybridized carbons (Fsp3) is 0.333. The number of carbonyl (C=O) groups excluding carboxylic acids is 1. The molecule has 8 heteroatoms. The van der Waals surface area contributed by atoms with E-state index in [1.165, 1.54) is 0 Å². The van der Waals surface area contributed by atoms with Crippen molar-refractivity contribution in [3.05, 3.63) is 64.6 Å². The van der Waals surface area contributed by atoms with Crippen LogP contribution in [0, 0.1) is 0 Å². The van der Waals surface area contributed by atoms with Gasteiger partial charge in [0.25, 0.3) is 0 Å². The maximum absolute atomic E-state index is 11.9. The lowest BCUT2D eigenvalue weighted by Crippen LogP contribution is -2.45. The molecule has 6 nitrogen and oxygen atoms in total. The number of halogens is 2. The molecule has 0 bridgehead atoms. The van der Waals surface area contributed by atoms with Gasteiger partial charge in [-0.05, 0) is 40.5 Å². The lowest BCUT2D eigenvalue weighted by molar-refractivity contribution is -0.127. The minimum Gasteiger partial charge on any atom is -0.488 e. The molecule has 0 heterocycles. The van der Waals surface area contributed by atoms with E-state index in [1.807, 2.05) is 61.5 Å². The van der Waals surface area contributed by atoms with E-state index in [1.54, 1.807) is 19.0 Å². The van der Waals surface area contributed by atoms with Crippen LogP contribution in [0.25, 0.3) is 0 Å². The number of hydrogen-bond donors (Lipinski definition) is 2. The predicted octanol–water partition coefficient (Wildman–Crippen LogP) is 3.66. The van der Waals surface area contributed by atoms with Gasteiger partial charge in [0.05, 0.1) is 24.1 Å². The lowest BCUT2D eigenvalue weighted by atomic mass is 10.2. The van der Waals surface area contributed by atoms with E-state index in [0.717, 1.165) is 15.8 Å². The number of carbonyl (C=O) groups is 1. The van der Waals surface area contributed by atoms with Crippen molar-refractivity contribution in [2.45, 2.75) is 19.6 Å². The van der Waals surface area contributed by atoms with Crippen LogP contribution < -0.4 is 15.4 Å². The molecule has 158 valence electrons. The van der Waals surface area contributed by atoms with Crippen molar-refractivity contribution < 1.29 is 9.53 Å². The Morgan fingerprint density at radius 2 is 1.76 bits per heavy atom. The number of likely N-dealkylation sites (N-methyl/N-ethyl adjacent to an activating group) is 1. The molecule has 29 heavy (non-hydrogen) atoms. The topological polar surface area (TPSA) is 66.0 Å². The number of amides is 1. The third-order valence-electron chi connectivity index (χ3n) is 3.89. The molecule has 2 aromatic rings. The average molecular weight is 575 g/mol. The number of nitrogens with one attached hydrogen (secondary N) is 2. The molecule has 0 radical (unpaired) electrons. The van der Waals surface area contributed by atoms with Gasteiger partial charge in [-0.3, -0.25) is 4.79 Å². The zero-order chi connectivity index (χ0) is 20.4. The van der Waals surface area contributed by atoms with Gasteiger partial charge in [-0.15, -0.1) is 24.0 Å². The van der Waals surface area contributed by atoms with Crippen LogP contribution in [-0.4, -0.2) is 50.1 Å². The van der Waals surface area contributed by atoms with Crippen LogP contribution in [0.2, 0.25) is 0 Å². The largest absolute Gasteiger partial charge is 0.488 e. The second-order valence-corrected chi connectivity index (χ2v) is 7.39. The minimum absolute atomic E-state index is 0. The first-order valence-corrected chi connectivity index (χ1v) is 9.92. The first kappa shape index (κ1) is 25.2. The Morgan fingerprint density at radius 3 is 2.41 bits per heavy atom. The summed E-state index contributed by atoms with van der Waals surface area (Å²) in [6, 6.07) is 17.7. The van der Waals surface area contributed by atoms with Crippen LogP contribution >= 0.6 is 39.9 Å². The molecule has 1 amide bonds. The Hall–Kier alpha value is -1.81. The van der Waals surface area contributed by atoms with Crippen LogP contribution in [-0.2, 0) is 11.3 Å². The Balaban J connectivity index is 0.00000420. The normalized spacial score (nSPS) is 11.8. The van der Waals surface area contributed by atoms with Crippen LogP contribution in [0.3, 0.4) is 0 Å². The van der Waals surface area contributed by atoms with Crippen molar-refractivity contribution in [1.82, 2.24) is 15.5 Å². The number of guanidine groups is 1. The molecule has 0 aliphatic heterocycles. The summed E-state index contributed by atoms with van der Waals surface area (Å²) < 4.78 is 6.87. The summed E-state index contributed by atoms with van der Waals surface area (Å²) in [5, 5.41) is 6.34. The molecule has 1 atom stereocenters. The molecular formula is C21H28BrIN4O2. The Kier molecular flexibility index (Phi) is 11.7. The summed E-state index contributed by atoms with van der Waals surface area (Å²) >= 11 is 3.49. The van der Waals surface area contributed by atoms with E-state index in [2.05, 4.69) is 31.6 Å². The smallest absolute Gasteiger partial charge is 0.241 e. The first-order chi connectivity index (χ1) is 13.5. The SMILES string of the molecule is CC(CNC(=NCc1ccccc1)NCC(=O)N(C)C)Oc1ccccc1Br.I. The van der Waals surface area contributed by atoms with Gasteiger partial charge in [-0.1, -0.05) is 42.5 Å². The fourth-order valence-electron chi connectivity index (χ4n) is 2.28. The molecule has 0 saturated carbocycles. The van der Waals surface area contributed by atoms with E-state index in [-0.39, 0.29) is 42.5 Å². The standard InChI is InChI=1S/C21H27BrN4O2.HI/c1-16(28-19-12-8-7-11-18(19)22)13-23-21(25-15-20(27)26(2)3)24-14-17-9-5-4-6-10-17;/h4-12,16H,13-15H2,1-3H3,(H2,23,24,25);1H. The van der Waals surface area contributed by atoms with Gasteiger partial charge in [0.1, 0.15) is 11.9 Å². The zero-order valence-electron chi connectivity index (χ0n) is 16.9. The van der Waals surface area contributed by atoms with Gasteiger partial charge in [0.2, 0.25) is 5.91 Å². The molecule has 0 spiro atoms. The molecule has 2 aromatic carbocycles. The number of rotatable bonds is 8. The zero-order valence-corrected chi connectivity index (χ0v) is 20.8. The highest BCUT2D eigenvalue weighted by Gasteiger charge is 2.10. The Bertz CT molecular complexity index is 787. The van der Waals surface area contributed by atoms with E-state index in [9.17, 15) is 4.79 Å². The highest BCUT2D eigenvalue weighted by atomic mass is 127. The second kappa shape index (κ2) is 13.4. The lowest BCUT2D eigenvalue weighted by Gasteiger charge is -2.19. The first-order valence-electron chi connectivity index (χ1n) is 9.13. The van der Waals surface area contributed by atoms with Crippen molar-refractivity contribution in [3.63, 3.8) is 0 Å². The minimum atomic E-state index is -0.0908. The molecule has 2 N–H and O–H groups in total. The quantitative estimate of drug-likeness (QED) is 0.287. The van der Waals surface area contributed by atoms with Gasteiger partial charge in [-0.25, -0.2) is 4.99 Å². The highest BCUT2D eigenvalue weighted by Crippen LogP contribution is 2.24. The van der Waals surface area contributed by atoms with Crippen LogP contribution in [0.5, 0.6) is 5.75 Å². The van der Waals surface area contributed by atoms with Gasteiger partial charge in [0.15, 0.2) is 5.96 Å². The predicted molar refractivity (Wildman–Crippen MR) is 132 cm³/mol. The average Bonchev–Trinajstić information content (AvgIpc) is 2.69. The summed E-state index contributed by atoms with van der Waals surface area (Å²) in [7, 11) is 3.46. The Morgan fingerprint density at radius 1 is 1.10 bits per heavy atom. The summed E-state index contributed by atoms with van der Waals surface area (Å²) in [5.41, 5.74) is 1.10.